The number of hydrogen-bond acceptors (Lipinski definition) is 5. The zero-order chi connectivity index (χ0) is 36.2. The van der Waals surface area contributed by atoms with Crippen molar-refractivity contribution in [3.05, 3.63) is 58.6 Å². The zero-order valence-electron chi connectivity index (χ0n) is 30.8. The highest BCUT2D eigenvalue weighted by Gasteiger charge is 2.21. The van der Waals surface area contributed by atoms with Gasteiger partial charge < -0.3 is 15.4 Å². The fourth-order valence-corrected chi connectivity index (χ4v) is 3.73. The smallest absolute Gasteiger partial charge is 0.328 e. The van der Waals surface area contributed by atoms with Crippen LogP contribution >= 0.6 is 11.6 Å². The minimum absolute atomic E-state index is 0.0141. The summed E-state index contributed by atoms with van der Waals surface area (Å²) in [6, 6.07) is 2.65. The Morgan fingerprint density at radius 3 is 2.61 bits per heavy atom. The van der Waals surface area contributed by atoms with Crippen molar-refractivity contribution in [1.29, 1.82) is 0 Å². The summed E-state index contributed by atoms with van der Waals surface area (Å²) < 4.78 is 142. The number of halogens is 1. The van der Waals surface area contributed by atoms with E-state index in [0.717, 1.165) is 12.1 Å². The normalized spacial score (nSPS) is 29.6. The van der Waals surface area contributed by atoms with Gasteiger partial charge in [0.15, 0.2) is 0 Å². The second kappa shape index (κ2) is 11.4. The number of benzene rings is 2. The molecule has 0 spiro atoms. The van der Waals surface area contributed by atoms with Crippen molar-refractivity contribution in [1.82, 2.24) is 15.4 Å². The number of urea groups is 1. The Morgan fingerprint density at radius 1 is 1.18 bits per heavy atom. The van der Waals surface area contributed by atoms with Crippen LogP contribution in [0.5, 0.6) is 5.75 Å². The molecule has 0 heterocycles. The molecule has 1 saturated carbocycles. The van der Waals surface area contributed by atoms with Crippen molar-refractivity contribution in [2.75, 3.05) is 13.6 Å². The highest BCUT2D eigenvalue weighted by Crippen LogP contribution is 2.22. The predicted octanol–water partition coefficient (Wildman–Crippen LogP) is 3.64. The summed E-state index contributed by atoms with van der Waals surface area (Å²) in [6.45, 7) is -0.0141. The summed E-state index contributed by atoms with van der Waals surface area (Å²) in [6.07, 6.45) is -19.3. The van der Waals surface area contributed by atoms with Gasteiger partial charge in [-0.15, -0.1) is 0 Å². The molecule has 1 fully saturated rings. The van der Waals surface area contributed by atoms with Crippen LogP contribution in [0.2, 0.25) is 5.02 Å². The summed E-state index contributed by atoms with van der Waals surface area (Å²) >= 11 is 5.92. The Morgan fingerprint density at radius 2 is 1.91 bits per heavy atom. The second-order valence-corrected chi connectivity index (χ2v) is 8.57. The molecule has 8 nitrogen and oxygen atoms in total. The van der Waals surface area contributed by atoms with Crippen LogP contribution in [0, 0.1) is 0 Å². The van der Waals surface area contributed by atoms with Crippen LogP contribution in [0.1, 0.15) is 67.0 Å². The lowest BCUT2D eigenvalue weighted by Crippen LogP contribution is -2.45. The minimum Gasteiger partial charge on any atom is -0.496 e. The van der Waals surface area contributed by atoms with Crippen molar-refractivity contribution in [2.24, 2.45) is 0 Å². The molecule has 3 N–H and O–H groups in total. The third kappa shape index (κ3) is 7.10. The second-order valence-electron chi connectivity index (χ2n) is 6.45. The first-order valence-electron chi connectivity index (χ1n) is 16.3. The van der Waals surface area contributed by atoms with Crippen LogP contribution in [0.25, 0.3) is 0 Å². The van der Waals surface area contributed by atoms with Crippen LogP contribution in [0.3, 0.4) is 0 Å². The fraction of sp³-hybridized carbons (Fsp3) is 0.391. The van der Waals surface area contributed by atoms with E-state index < -0.39 is 71.8 Å². The highest BCUT2D eigenvalue weighted by atomic mass is 35.5. The molecule has 10 heteroatoms. The van der Waals surface area contributed by atoms with Gasteiger partial charge in [0.1, 0.15) is 5.75 Å². The molecule has 3 rings (SSSR count). The quantitative estimate of drug-likeness (QED) is 0.504. The first-order valence-corrected chi connectivity index (χ1v) is 11.1. The maximum atomic E-state index is 12.9. The van der Waals surface area contributed by atoms with Crippen molar-refractivity contribution < 1.29 is 41.9 Å². The minimum atomic E-state index is -4.80. The number of rotatable bonds is 8. The van der Waals surface area contributed by atoms with Gasteiger partial charge >= 0.3 is 6.03 Å². The van der Waals surface area contributed by atoms with Gasteiger partial charge in [0.05, 0.1) is 23.0 Å². The van der Waals surface area contributed by atoms with E-state index in [2.05, 4.69) is 5.32 Å². The maximum absolute atomic E-state index is 12.9. The predicted molar refractivity (Wildman–Crippen MR) is 126 cm³/mol. The van der Waals surface area contributed by atoms with E-state index in [1.54, 1.807) is 0 Å². The topological polar surface area (TPSA) is 114 Å². The summed E-state index contributed by atoms with van der Waals surface area (Å²) in [5.74, 6) is -0.944. The largest absolute Gasteiger partial charge is 0.496 e. The molecule has 2 aromatic carbocycles. The molecule has 2 aromatic rings. The maximum Gasteiger partial charge on any atom is 0.328 e. The number of nitrogens with one attached hydrogen (secondary N) is 3. The van der Waals surface area contributed by atoms with Crippen LogP contribution in [-0.2, 0) is 16.4 Å². The number of amides is 3. The van der Waals surface area contributed by atoms with Crippen LogP contribution in [0.15, 0.2) is 47.4 Å². The summed E-state index contributed by atoms with van der Waals surface area (Å²) in [5, 5.41) is 4.07. The summed E-state index contributed by atoms with van der Waals surface area (Å²) in [4.78, 5) is 24.8. The van der Waals surface area contributed by atoms with E-state index in [1.165, 1.54) is 40.4 Å². The molecular weight excluding hydrogens is 466 g/mol. The molecule has 0 saturated heterocycles. The Labute approximate surface area is 218 Å². The van der Waals surface area contributed by atoms with Crippen molar-refractivity contribution in [3.63, 3.8) is 0 Å². The van der Waals surface area contributed by atoms with Gasteiger partial charge in [-0.05, 0) is 55.1 Å². The van der Waals surface area contributed by atoms with E-state index in [4.69, 9.17) is 35.5 Å². The third-order valence-electron chi connectivity index (χ3n) is 4.19. The lowest BCUT2D eigenvalue weighted by Gasteiger charge is -2.22. The standard InChI is InChI=1S/C23H28ClN3O5S/c1-32-21-12-9-17(24)15-20(21)22(28)25-14-13-16-7-10-19(11-8-16)33(30,31)27-23(29)26-18-5-3-2-4-6-18/h7-12,15,18H,2-6,13-14H2,1H3,(H,25,28)(H2,26,27,29)/i1D3,2D2,3D2,4D2,5D2,6D2,18D. The molecule has 0 bridgehead atoms. The lowest BCUT2D eigenvalue weighted by molar-refractivity contribution is 0.0951. The number of ether oxygens (including phenoxy) is 1. The molecule has 3 amide bonds. The number of carbonyl (C=O) groups is 2. The van der Waals surface area contributed by atoms with Gasteiger partial charge in [0, 0.05) is 31.3 Å². The Bertz CT molecular complexity index is 1620. The van der Waals surface area contributed by atoms with E-state index >= 15 is 0 Å². The lowest BCUT2D eigenvalue weighted by atomic mass is 9.96. The van der Waals surface area contributed by atoms with Crippen molar-refractivity contribution in [2.45, 2.75) is 49.2 Å². The van der Waals surface area contributed by atoms with Crippen LogP contribution in [0.4, 0.5) is 4.79 Å². The van der Waals surface area contributed by atoms with Gasteiger partial charge in [0.25, 0.3) is 15.9 Å². The Balaban J connectivity index is 1.71. The molecule has 0 aromatic heterocycles. The van der Waals surface area contributed by atoms with Gasteiger partial charge in [-0.25, -0.2) is 17.9 Å². The van der Waals surface area contributed by atoms with E-state index in [0.29, 0.717) is 5.56 Å². The average molecular weight is 508 g/mol. The molecule has 0 radical (unpaired) electrons. The summed E-state index contributed by atoms with van der Waals surface area (Å²) in [7, 11) is -7.63. The highest BCUT2D eigenvalue weighted by molar-refractivity contribution is 7.90. The first kappa shape index (κ1) is 12.1. The van der Waals surface area contributed by atoms with Crippen LogP contribution in [-0.4, -0.2) is 40.0 Å². The third-order valence-corrected chi connectivity index (χ3v) is 5.78. The van der Waals surface area contributed by atoms with E-state index in [-0.39, 0.29) is 29.3 Å². The van der Waals surface area contributed by atoms with E-state index in [1.807, 2.05) is 0 Å². The molecular formula is C23H28ClN3O5S. The average Bonchev–Trinajstić information content (AvgIpc) is 2.92. The molecule has 0 atom stereocenters. The Hall–Kier alpha value is -2.78. The number of sulfonamides is 1. The number of hydrogen-bond donors (Lipinski definition) is 3. The van der Waals surface area contributed by atoms with Crippen molar-refractivity contribution in [3.8, 4) is 5.75 Å². The first-order chi connectivity index (χ1) is 21.1. The van der Waals surface area contributed by atoms with Crippen LogP contribution < -0.4 is 20.1 Å². The number of carbonyl (C=O) groups excluding carboxylic acids is 2. The zero-order valence-corrected chi connectivity index (χ0v) is 18.4. The van der Waals surface area contributed by atoms with Gasteiger partial charge in [0.2, 0.25) is 0 Å². The molecule has 0 unspecified atom stereocenters. The fourth-order valence-electron chi connectivity index (χ4n) is 2.65. The molecule has 33 heavy (non-hydrogen) atoms. The van der Waals surface area contributed by atoms with E-state index in [9.17, 15) is 18.0 Å². The SMILES string of the molecule is [2H]C([2H])([2H])Oc1ccc(Cl)cc1C(=O)NCCc1ccc(S(=O)(=O)NC(=O)NC2([2H])C([2H])([2H])C([2H])([2H])C([2H])([2H])C([2H])([2H])C2([2H])[2H])cc1. The molecule has 1 aliphatic rings. The van der Waals surface area contributed by atoms with Crippen molar-refractivity contribution >= 4 is 33.6 Å². The van der Waals surface area contributed by atoms with Gasteiger partial charge in [-0.3, -0.25) is 4.79 Å². The Kier molecular flexibility index (Phi) is 4.16. The molecule has 1 aliphatic carbocycles. The summed E-state index contributed by atoms with van der Waals surface area (Å²) in [5.41, 5.74) is 0.334. The number of methoxy groups -OCH3 is 1. The molecule has 178 valence electrons. The molecule has 0 aliphatic heterocycles. The van der Waals surface area contributed by atoms with Gasteiger partial charge in [-0.2, -0.15) is 0 Å². The monoisotopic (exact) mass is 507 g/mol. The van der Waals surface area contributed by atoms with Gasteiger partial charge in [-0.1, -0.05) is 42.9 Å².